The number of nitrogens with zero attached hydrogens (tertiary/aromatic N) is 2. The van der Waals surface area contributed by atoms with Crippen molar-refractivity contribution in [3.63, 3.8) is 0 Å². The van der Waals surface area contributed by atoms with Gasteiger partial charge in [-0.15, -0.1) is 0 Å². The molecule has 3 N–H and O–H groups in total. The Morgan fingerprint density at radius 2 is 2.11 bits per heavy atom. The fourth-order valence-corrected chi connectivity index (χ4v) is 2.53. The average Bonchev–Trinajstić information content (AvgIpc) is 2.55. The van der Waals surface area contributed by atoms with E-state index in [1.54, 1.807) is 13.0 Å². The fraction of sp³-hybridized carbons (Fsp3) is 0.615. The second-order valence-electron chi connectivity index (χ2n) is 5.11. The van der Waals surface area contributed by atoms with Crippen LogP contribution in [0.15, 0.2) is 12.1 Å². The number of anilines is 1. The van der Waals surface area contributed by atoms with Crippen molar-refractivity contribution >= 4 is 11.5 Å². The summed E-state index contributed by atoms with van der Waals surface area (Å²) in [7, 11) is 0. The first-order valence-electron chi connectivity index (χ1n) is 6.72. The Bertz CT molecular complexity index is 464. The van der Waals surface area contributed by atoms with Gasteiger partial charge in [0.1, 0.15) is 11.5 Å². The molecule has 6 heteroatoms. The molecule has 1 fully saturated rings. The molecule has 1 saturated carbocycles. The van der Waals surface area contributed by atoms with Gasteiger partial charge in [-0.2, -0.15) is 0 Å². The van der Waals surface area contributed by atoms with Crippen LogP contribution in [0.25, 0.3) is 0 Å². The molecule has 1 heterocycles. The van der Waals surface area contributed by atoms with Crippen molar-refractivity contribution in [1.29, 1.82) is 0 Å². The second kappa shape index (κ2) is 5.97. The van der Waals surface area contributed by atoms with Gasteiger partial charge in [-0.05, 0) is 25.8 Å². The molecule has 0 saturated heterocycles. The van der Waals surface area contributed by atoms with E-state index in [2.05, 4.69) is 10.3 Å². The highest BCUT2D eigenvalue weighted by molar-refractivity contribution is 5.45. The van der Waals surface area contributed by atoms with Gasteiger partial charge in [0.25, 0.3) is 5.69 Å². The quantitative estimate of drug-likeness (QED) is 0.496. The summed E-state index contributed by atoms with van der Waals surface area (Å²) in [5.74, 6) is 0.672. The van der Waals surface area contributed by atoms with E-state index >= 15 is 0 Å². The molecule has 0 aliphatic heterocycles. The Hall–Kier alpha value is -1.69. The van der Waals surface area contributed by atoms with E-state index in [0.717, 1.165) is 19.3 Å². The molecule has 1 aliphatic carbocycles. The molecule has 0 amide bonds. The highest BCUT2D eigenvalue weighted by Crippen LogP contribution is 2.22. The number of aryl methyl sites for hydroxylation is 1. The highest BCUT2D eigenvalue weighted by atomic mass is 16.6. The van der Waals surface area contributed by atoms with Crippen LogP contribution in [0.1, 0.15) is 37.8 Å². The Morgan fingerprint density at radius 1 is 1.37 bits per heavy atom. The molecule has 2 unspecified atom stereocenters. The maximum absolute atomic E-state index is 10.7. The number of nitro groups is 1. The third kappa shape index (κ3) is 3.41. The lowest BCUT2D eigenvalue weighted by atomic mass is 10.0. The first kappa shape index (κ1) is 13.7. The lowest BCUT2D eigenvalue weighted by molar-refractivity contribution is -0.385. The standard InChI is InChI=1S/C13H20N4O2/c1-9-12(17(18)19)7-8-13(15-9)16-11-6-4-2-3-5-10(11)14/h7-8,10-11H,2-6,14H2,1H3,(H,15,16). The van der Waals surface area contributed by atoms with E-state index in [1.165, 1.54) is 18.9 Å². The number of aromatic nitrogens is 1. The minimum Gasteiger partial charge on any atom is -0.366 e. The topological polar surface area (TPSA) is 94.1 Å². The van der Waals surface area contributed by atoms with E-state index in [-0.39, 0.29) is 17.8 Å². The molecule has 0 radical (unpaired) electrons. The molecule has 19 heavy (non-hydrogen) atoms. The smallest absolute Gasteiger partial charge is 0.290 e. The van der Waals surface area contributed by atoms with Gasteiger partial charge in [0, 0.05) is 18.2 Å². The van der Waals surface area contributed by atoms with E-state index in [4.69, 9.17) is 5.73 Å². The Morgan fingerprint density at radius 3 is 2.79 bits per heavy atom. The van der Waals surface area contributed by atoms with Gasteiger partial charge in [-0.1, -0.05) is 19.3 Å². The number of rotatable bonds is 3. The zero-order valence-electron chi connectivity index (χ0n) is 11.1. The van der Waals surface area contributed by atoms with Gasteiger partial charge in [-0.3, -0.25) is 10.1 Å². The van der Waals surface area contributed by atoms with Gasteiger partial charge in [0.2, 0.25) is 0 Å². The Labute approximate surface area is 112 Å². The van der Waals surface area contributed by atoms with Crippen molar-refractivity contribution in [3.05, 3.63) is 27.9 Å². The first-order valence-corrected chi connectivity index (χ1v) is 6.72. The van der Waals surface area contributed by atoms with Crippen molar-refractivity contribution < 1.29 is 4.92 Å². The third-order valence-corrected chi connectivity index (χ3v) is 3.66. The van der Waals surface area contributed by atoms with E-state index in [9.17, 15) is 10.1 Å². The van der Waals surface area contributed by atoms with Gasteiger partial charge >= 0.3 is 0 Å². The molecule has 1 aliphatic rings. The number of hydrogen-bond acceptors (Lipinski definition) is 5. The van der Waals surface area contributed by atoms with Crippen LogP contribution < -0.4 is 11.1 Å². The van der Waals surface area contributed by atoms with Crippen LogP contribution in [0.2, 0.25) is 0 Å². The Balaban J connectivity index is 2.10. The van der Waals surface area contributed by atoms with E-state index < -0.39 is 4.92 Å². The van der Waals surface area contributed by atoms with Gasteiger partial charge in [-0.25, -0.2) is 4.98 Å². The van der Waals surface area contributed by atoms with Crippen LogP contribution in [-0.4, -0.2) is 22.0 Å². The van der Waals surface area contributed by atoms with Crippen molar-refractivity contribution in [2.24, 2.45) is 5.73 Å². The molecule has 104 valence electrons. The molecular weight excluding hydrogens is 244 g/mol. The summed E-state index contributed by atoms with van der Waals surface area (Å²) >= 11 is 0. The summed E-state index contributed by atoms with van der Waals surface area (Å²) in [5, 5.41) is 14.1. The summed E-state index contributed by atoms with van der Waals surface area (Å²) in [6, 6.07) is 3.48. The SMILES string of the molecule is Cc1nc(NC2CCCCCC2N)ccc1[N+](=O)[O-]. The molecule has 6 nitrogen and oxygen atoms in total. The molecule has 2 rings (SSSR count). The van der Waals surface area contributed by atoms with Gasteiger partial charge in [0.15, 0.2) is 0 Å². The number of nitrogens with one attached hydrogen (secondary N) is 1. The Kier molecular flexibility index (Phi) is 4.31. The maximum Gasteiger partial charge on any atom is 0.290 e. The average molecular weight is 264 g/mol. The molecule has 0 bridgehead atoms. The molecular formula is C13H20N4O2. The maximum atomic E-state index is 10.7. The van der Waals surface area contributed by atoms with Crippen LogP contribution in [0.3, 0.4) is 0 Å². The lowest BCUT2D eigenvalue weighted by Gasteiger charge is -2.23. The minimum atomic E-state index is -0.413. The molecule has 0 aromatic carbocycles. The number of pyridine rings is 1. The number of hydrogen-bond donors (Lipinski definition) is 2. The third-order valence-electron chi connectivity index (χ3n) is 3.66. The summed E-state index contributed by atoms with van der Waals surface area (Å²) in [4.78, 5) is 14.6. The van der Waals surface area contributed by atoms with E-state index in [1.807, 2.05) is 0 Å². The van der Waals surface area contributed by atoms with Gasteiger partial charge < -0.3 is 11.1 Å². The number of nitrogens with two attached hydrogens (primary N) is 1. The minimum absolute atomic E-state index is 0.0516. The van der Waals surface area contributed by atoms with Crippen molar-refractivity contribution in [3.8, 4) is 0 Å². The summed E-state index contributed by atoms with van der Waals surface area (Å²) < 4.78 is 0. The van der Waals surface area contributed by atoms with Crippen molar-refractivity contribution in [2.45, 2.75) is 51.1 Å². The highest BCUT2D eigenvalue weighted by Gasteiger charge is 2.21. The fourth-order valence-electron chi connectivity index (χ4n) is 2.53. The predicted molar refractivity (Wildman–Crippen MR) is 74.1 cm³/mol. The zero-order chi connectivity index (χ0) is 13.8. The second-order valence-corrected chi connectivity index (χ2v) is 5.11. The van der Waals surface area contributed by atoms with Crippen molar-refractivity contribution in [2.75, 3.05) is 5.32 Å². The van der Waals surface area contributed by atoms with Crippen LogP contribution >= 0.6 is 0 Å². The largest absolute Gasteiger partial charge is 0.366 e. The zero-order valence-corrected chi connectivity index (χ0v) is 11.1. The lowest BCUT2D eigenvalue weighted by Crippen LogP contribution is -2.39. The summed E-state index contributed by atoms with van der Waals surface area (Å²) in [5.41, 5.74) is 6.62. The molecule has 0 spiro atoms. The summed E-state index contributed by atoms with van der Waals surface area (Å²) in [6.45, 7) is 1.65. The normalized spacial score (nSPS) is 23.7. The molecule has 2 atom stereocenters. The van der Waals surface area contributed by atoms with Crippen LogP contribution in [-0.2, 0) is 0 Å². The van der Waals surface area contributed by atoms with Crippen LogP contribution in [0.5, 0.6) is 0 Å². The van der Waals surface area contributed by atoms with E-state index in [0.29, 0.717) is 11.5 Å². The van der Waals surface area contributed by atoms with Crippen molar-refractivity contribution in [1.82, 2.24) is 4.98 Å². The van der Waals surface area contributed by atoms with Crippen LogP contribution in [0, 0.1) is 17.0 Å². The monoisotopic (exact) mass is 264 g/mol. The van der Waals surface area contributed by atoms with Gasteiger partial charge in [0.05, 0.1) is 4.92 Å². The van der Waals surface area contributed by atoms with Crippen LogP contribution in [0.4, 0.5) is 11.5 Å². The predicted octanol–water partition coefficient (Wildman–Crippen LogP) is 2.37. The molecule has 1 aromatic heterocycles. The first-order chi connectivity index (χ1) is 9.08. The summed E-state index contributed by atoms with van der Waals surface area (Å²) in [6.07, 6.45) is 5.60. The molecule has 1 aromatic rings.